The van der Waals surface area contributed by atoms with Crippen molar-refractivity contribution in [1.29, 1.82) is 0 Å². The Morgan fingerprint density at radius 1 is 1.24 bits per heavy atom. The number of piperidine rings is 1. The maximum Gasteiger partial charge on any atom is 0.191 e. The third-order valence-electron chi connectivity index (χ3n) is 4.99. The number of pyridine rings is 1. The van der Waals surface area contributed by atoms with Gasteiger partial charge in [0.05, 0.1) is 6.54 Å². The average Bonchev–Trinajstić information content (AvgIpc) is 2.73. The molecule has 1 aromatic carbocycles. The molecule has 0 aliphatic carbocycles. The fraction of sp³-hybridized carbons (Fsp3) is 0.478. The molecule has 0 saturated carbocycles. The number of anilines is 1. The number of benzene rings is 1. The van der Waals surface area contributed by atoms with Crippen LogP contribution in [0, 0.1) is 6.92 Å². The van der Waals surface area contributed by atoms with E-state index in [4.69, 9.17) is 9.73 Å². The topological polar surface area (TPSA) is 61.8 Å². The summed E-state index contributed by atoms with van der Waals surface area (Å²) in [4.78, 5) is 11.6. The SMILES string of the molecule is CCNC(=NCC(C)Oc1cccc(C)c1)NC1CCN(c2ccccn2)CC1. The third kappa shape index (κ3) is 6.66. The zero-order valence-electron chi connectivity index (χ0n) is 17.8. The fourth-order valence-electron chi connectivity index (χ4n) is 3.49. The molecule has 1 atom stereocenters. The lowest BCUT2D eigenvalue weighted by atomic mass is 10.1. The minimum atomic E-state index is 0.0123. The molecule has 2 heterocycles. The van der Waals surface area contributed by atoms with Gasteiger partial charge in [-0.3, -0.25) is 0 Å². The molecule has 1 saturated heterocycles. The van der Waals surface area contributed by atoms with Gasteiger partial charge in [0.1, 0.15) is 17.7 Å². The van der Waals surface area contributed by atoms with Crippen molar-refractivity contribution in [2.75, 3.05) is 31.1 Å². The van der Waals surface area contributed by atoms with E-state index in [-0.39, 0.29) is 6.10 Å². The van der Waals surface area contributed by atoms with E-state index < -0.39 is 0 Å². The highest BCUT2D eigenvalue weighted by atomic mass is 16.5. The van der Waals surface area contributed by atoms with Crippen LogP contribution in [-0.4, -0.2) is 49.3 Å². The molecular formula is C23H33N5O. The number of nitrogens with one attached hydrogen (secondary N) is 2. The Bertz CT molecular complexity index is 772. The monoisotopic (exact) mass is 395 g/mol. The molecule has 2 N–H and O–H groups in total. The second-order valence-electron chi connectivity index (χ2n) is 7.56. The number of aromatic nitrogens is 1. The Labute approximate surface area is 174 Å². The van der Waals surface area contributed by atoms with Gasteiger partial charge in [-0.05, 0) is 63.4 Å². The van der Waals surface area contributed by atoms with E-state index in [1.54, 1.807) is 0 Å². The van der Waals surface area contributed by atoms with Crippen LogP contribution in [-0.2, 0) is 0 Å². The van der Waals surface area contributed by atoms with Crippen LogP contribution in [0.3, 0.4) is 0 Å². The van der Waals surface area contributed by atoms with E-state index in [1.807, 2.05) is 30.5 Å². The first-order valence-corrected chi connectivity index (χ1v) is 10.6. The Morgan fingerprint density at radius 2 is 2.07 bits per heavy atom. The summed E-state index contributed by atoms with van der Waals surface area (Å²) in [7, 11) is 0. The molecule has 6 nitrogen and oxygen atoms in total. The number of hydrogen-bond donors (Lipinski definition) is 2. The van der Waals surface area contributed by atoms with Crippen molar-refractivity contribution in [3.63, 3.8) is 0 Å². The van der Waals surface area contributed by atoms with E-state index in [0.717, 1.165) is 50.0 Å². The zero-order chi connectivity index (χ0) is 20.5. The summed E-state index contributed by atoms with van der Waals surface area (Å²) in [5, 5.41) is 6.95. The highest BCUT2D eigenvalue weighted by Crippen LogP contribution is 2.17. The summed E-state index contributed by atoms with van der Waals surface area (Å²) in [6, 6.07) is 14.6. The lowest BCUT2D eigenvalue weighted by Gasteiger charge is -2.33. The quantitative estimate of drug-likeness (QED) is 0.556. The maximum absolute atomic E-state index is 6.00. The van der Waals surface area contributed by atoms with Crippen LogP contribution in [0.15, 0.2) is 53.7 Å². The van der Waals surface area contributed by atoms with Crippen LogP contribution in [0.5, 0.6) is 5.75 Å². The number of ether oxygens (including phenoxy) is 1. The van der Waals surface area contributed by atoms with Gasteiger partial charge < -0.3 is 20.3 Å². The first-order valence-electron chi connectivity index (χ1n) is 10.6. The second-order valence-corrected chi connectivity index (χ2v) is 7.56. The molecule has 2 aromatic rings. The predicted molar refractivity (Wildman–Crippen MR) is 120 cm³/mol. The van der Waals surface area contributed by atoms with E-state index in [2.05, 4.69) is 59.5 Å². The van der Waals surface area contributed by atoms with Crippen molar-refractivity contribution in [1.82, 2.24) is 15.6 Å². The number of nitrogens with zero attached hydrogens (tertiary/aromatic N) is 3. The Hall–Kier alpha value is -2.76. The minimum Gasteiger partial charge on any atom is -0.489 e. The van der Waals surface area contributed by atoms with Gasteiger partial charge >= 0.3 is 0 Å². The second kappa shape index (κ2) is 10.7. The summed E-state index contributed by atoms with van der Waals surface area (Å²) >= 11 is 0. The molecule has 3 rings (SSSR count). The van der Waals surface area contributed by atoms with Crippen molar-refractivity contribution in [3.8, 4) is 5.75 Å². The molecule has 0 radical (unpaired) electrons. The smallest absolute Gasteiger partial charge is 0.191 e. The fourth-order valence-corrected chi connectivity index (χ4v) is 3.49. The van der Waals surface area contributed by atoms with Gasteiger partial charge in [0.15, 0.2) is 5.96 Å². The normalized spacial score (nSPS) is 16.4. The summed E-state index contributed by atoms with van der Waals surface area (Å²) < 4.78 is 6.00. The summed E-state index contributed by atoms with van der Waals surface area (Å²) in [5.41, 5.74) is 1.20. The van der Waals surface area contributed by atoms with E-state index in [9.17, 15) is 0 Å². The lowest BCUT2D eigenvalue weighted by molar-refractivity contribution is 0.230. The number of rotatable bonds is 7. The highest BCUT2D eigenvalue weighted by molar-refractivity contribution is 5.80. The summed E-state index contributed by atoms with van der Waals surface area (Å²) in [5.74, 6) is 2.82. The van der Waals surface area contributed by atoms with Crippen molar-refractivity contribution < 1.29 is 4.74 Å². The molecule has 29 heavy (non-hydrogen) atoms. The molecule has 0 bridgehead atoms. The van der Waals surface area contributed by atoms with E-state index in [0.29, 0.717) is 12.6 Å². The molecule has 156 valence electrons. The van der Waals surface area contributed by atoms with Crippen molar-refractivity contribution in [3.05, 3.63) is 54.2 Å². The van der Waals surface area contributed by atoms with Gasteiger partial charge in [-0.15, -0.1) is 0 Å². The van der Waals surface area contributed by atoms with Crippen molar-refractivity contribution in [2.24, 2.45) is 4.99 Å². The molecule has 1 aromatic heterocycles. The number of aryl methyl sites for hydroxylation is 1. The van der Waals surface area contributed by atoms with E-state index in [1.165, 1.54) is 5.56 Å². The van der Waals surface area contributed by atoms with Crippen LogP contribution in [0.4, 0.5) is 5.82 Å². The predicted octanol–water partition coefficient (Wildman–Crippen LogP) is 3.38. The van der Waals surface area contributed by atoms with Crippen LogP contribution >= 0.6 is 0 Å². The molecule has 0 amide bonds. The molecule has 1 aliphatic rings. The maximum atomic E-state index is 6.00. The molecule has 1 fully saturated rings. The van der Waals surface area contributed by atoms with Gasteiger partial charge in [-0.2, -0.15) is 0 Å². The Morgan fingerprint density at radius 3 is 2.76 bits per heavy atom. The van der Waals surface area contributed by atoms with E-state index >= 15 is 0 Å². The first kappa shape index (κ1) is 21.0. The largest absolute Gasteiger partial charge is 0.489 e. The standard InChI is InChI=1S/C23H33N5O/c1-4-24-23(26-17-19(3)29-21-9-7-8-18(2)16-21)27-20-11-14-28(15-12-20)22-10-5-6-13-25-22/h5-10,13,16,19-20H,4,11-12,14-15,17H2,1-3H3,(H2,24,26,27). The Kier molecular flexibility index (Phi) is 7.73. The zero-order valence-corrected chi connectivity index (χ0v) is 17.8. The minimum absolute atomic E-state index is 0.0123. The molecule has 1 unspecified atom stereocenters. The summed E-state index contributed by atoms with van der Waals surface area (Å²) in [6.45, 7) is 9.67. The van der Waals surface area contributed by atoms with Crippen LogP contribution in [0.1, 0.15) is 32.3 Å². The van der Waals surface area contributed by atoms with Crippen LogP contribution in [0.25, 0.3) is 0 Å². The number of aliphatic imine (C=N–C) groups is 1. The third-order valence-corrected chi connectivity index (χ3v) is 4.99. The van der Waals surface area contributed by atoms with Crippen molar-refractivity contribution >= 4 is 11.8 Å². The lowest BCUT2D eigenvalue weighted by Crippen LogP contribution is -2.49. The molecular weight excluding hydrogens is 362 g/mol. The van der Waals surface area contributed by atoms with Crippen molar-refractivity contribution in [2.45, 2.75) is 45.8 Å². The molecule has 0 spiro atoms. The van der Waals surface area contributed by atoms with Gasteiger partial charge in [-0.1, -0.05) is 18.2 Å². The number of guanidine groups is 1. The van der Waals surface area contributed by atoms with Gasteiger partial charge in [0.25, 0.3) is 0 Å². The Balaban J connectivity index is 1.49. The van der Waals surface area contributed by atoms with Crippen LogP contribution in [0.2, 0.25) is 0 Å². The first-order chi connectivity index (χ1) is 14.1. The number of hydrogen-bond acceptors (Lipinski definition) is 4. The molecule has 6 heteroatoms. The van der Waals surface area contributed by atoms with Crippen LogP contribution < -0.4 is 20.3 Å². The van der Waals surface area contributed by atoms with Gasteiger partial charge in [0.2, 0.25) is 0 Å². The van der Waals surface area contributed by atoms with Gasteiger partial charge in [0, 0.05) is 31.9 Å². The average molecular weight is 396 g/mol. The highest BCUT2D eigenvalue weighted by Gasteiger charge is 2.20. The summed E-state index contributed by atoms with van der Waals surface area (Å²) in [6.07, 6.45) is 4.00. The van der Waals surface area contributed by atoms with Gasteiger partial charge in [-0.25, -0.2) is 9.98 Å². The molecule has 1 aliphatic heterocycles.